The highest BCUT2D eigenvalue weighted by Gasteiger charge is 2.18. The van der Waals surface area contributed by atoms with E-state index < -0.39 is 0 Å². The summed E-state index contributed by atoms with van der Waals surface area (Å²) in [6.07, 6.45) is 0. The fourth-order valence-corrected chi connectivity index (χ4v) is 4.31. The molecule has 0 atom stereocenters. The first kappa shape index (κ1) is 19.7. The molecule has 0 aliphatic rings. The van der Waals surface area contributed by atoms with Gasteiger partial charge in [0.25, 0.3) is 0 Å². The Bertz CT molecular complexity index is 1380. The van der Waals surface area contributed by atoms with Crippen molar-refractivity contribution < 1.29 is 4.74 Å². The maximum absolute atomic E-state index is 6.57. The van der Waals surface area contributed by atoms with Gasteiger partial charge in [-0.3, -0.25) is 0 Å². The highest BCUT2D eigenvalue weighted by atomic mass is 35.5. The summed E-state index contributed by atoms with van der Waals surface area (Å²) in [6.45, 7) is 6.69. The molecule has 4 aromatic carbocycles. The summed E-state index contributed by atoms with van der Waals surface area (Å²) in [5, 5.41) is 2.84. The highest BCUT2D eigenvalue weighted by Crippen LogP contribution is 2.41. The molecule has 2 nitrogen and oxygen atoms in total. The summed E-state index contributed by atoms with van der Waals surface area (Å²) in [4.78, 5) is 0. The van der Waals surface area contributed by atoms with Gasteiger partial charge in [-0.25, -0.2) is 0 Å². The van der Waals surface area contributed by atoms with Crippen LogP contribution < -0.4 is 4.74 Å². The van der Waals surface area contributed by atoms with E-state index in [1.54, 1.807) is 0 Å². The zero-order valence-electron chi connectivity index (χ0n) is 17.9. The number of para-hydroxylation sites is 2. The standard InChI is InChI=1S/C28H24ClNO/c1-28(2,3)19-13-15-21(16-14-19)30-24-12-8-7-11-23(24)27-25(30)17-20(29)18-26(27)31-22-9-5-4-6-10-22/h4-18H,1-3H3. The minimum Gasteiger partial charge on any atom is -0.457 e. The molecule has 1 heterocycles. The molecular formula is C28H24ClNO. The van der Waals surface area contributed by atoms with E-state index in [1.807, 2.05) is 42.5 Å². The van der Waals surface area contributed by atoms with Gasteiger partial charge in [0, 0.05) is 22.2 Å². The average molecular weight is 426 g/mol. The summed E-state index contributed by atoms with van der Waals surface area (Å²) in [5.41, 5.74) is 4.68. The maximum Gasteiger partial charge on any atom is 0.138 e. The van der Waals surface area contributed by atoms with Gasteiger partial charge < -0.3 is 9.30 Å². The van der Waals surface area contributed by atoms with Crippen LogP contribution in [0.1, 0.15) is 26.3 Å². The lowest BCUT2D eigenvalue weighted by molar-refractivity contribution is 0.488. The van der Waals surface area contributed by atoms with E-state index in [2.05, 4.69) is 73.9 Å². The molecular weight excluding hydrogens is 402 g/mol. The molecule has 0 spiro atoms. The van der Waals surface area contributed by atoms with Crippen LogP contribution in [0, 0.1) is 0 Å². The predicted octanol–water partition coefficient (Wildman–Crippen LogP) is 8.53. The second-order valence-electron chi connectivity index (χ2n) is 8.86. The minimum atomic E-state index is 0.110. The van der Waals surface area contributed by atoms with Crippen molar-refractivity contribution in [1.29, 1.82) is 0 Å². The van der Waals surface area contributed by atoms with Crippen LogP contribution in [-0.4, -0.2) is 4.57 Å². The lowest BCUT2D eigenvalue weighted by Crippen LogP contribution is -2.10. The Kier molecular flexibility index (Phi) is 4.75. The molecule has 0 radical (unpaired) electrons. The van der Waals surface area contributed by atoms with Crippen LogP contribution in [0.15, 0.2) is 91.0 Å². The Labute approximate surface area is 187 Å². The maximum atomic E-state index is 6.57. The smallest absolute Gasteiger partial charge is 0.138 e. The number of fused-ring (bicyclic) bond motifs is 3. The van der Waals surface area contributed by atoms with Gasteiger partial charge in [0.05, 0.1) is 16.4 Å². The molecule has 1 aromatic heterocycles. The third-order valence-electron chi connectivity index (χ3n) is 5.66. The Hall–Kier alpha value is -3.23. The first-order valence-corrected chi connectivity index (χ1v) is 10.9. The molecule has 0 amide bonds. The van der Waals surface area contributed by atoms with Crippen molar-refractivity contribution >= 4 is 33.4 Å². The summed E-state index contributed by atoms with van der Waals surface area (Å²) in [5.74, 6) is 1.55. The zero-order chi connectivity index (χ0) is 21.6. The molecule has 5 aromatic rings. The Morgan fingerprint density at radius 3 is 2.13 bits per heavy atom. The summed E-state index contributed by atoms with van der Waals surface area (Å²) in [6, 6.07) is 31.0. The largest absolute Gasteiger partial charge is 0.457 e. The van der Waals surface area contributed by atoms with E-state index in [9.17, 15) is 0 Å². The van der Waals surface area contributed by atoms with Crippen LogP contribution in [-0.2, 0) is 5.41 Å². The third kappa shape index (κ3) is 3.58. The number of hydrogen-bond donors (Lipinski definition) is 0. The van der Waals surface area contributed by atoms with Crippen molar-refractivity contribution in [2.75, 3.05) is 0 Å². The Morgan fingerprint density at radius 1 is 0.742 bits per heavy atom. The first-order valence-electron chi connectivity index (χ1n) is 10.5. The Balaban J connectivity index is 1.77. The summed E-state index contributed by atoms with van der Waals surface area (Å²) < 4.78 is 8.56. The molecule has 5 rings (SSSR count). The molecule has 0 saturated carbocycles. The summed E-state index contributed by atoms with van der Waals surface area (Å²) >= 11 is 6.57. The Morgan fingerprint density at radius 2 is 1.42 bits per heavy atom. The molecule has 0 fully saturated rings. The second-order valence-corrected chi connectivity index (χ2v) is 9.30. The van der Waals surface area contributed by atoms with Crippen molar-refractivity contribution in [3.8, 4) is 17.2 Å². The number of rotatable bonds is 3. The van der Waals surface area contributed by atoms with E-state index in [4.69, 9.17) is 16.3 Å². The van der Waals surface area contributed by atoms with Crippen LogP contribution in [0.25, 0.3) is 27.5 Å². The molecule has 154 valence electrons. The molecule has 0 bridgehead atoms. The van der Waals surface area contributed by atoms with E-state index in [0.717, 1.165) is 39.0 Å². The number of benzene rings is 4. The van der Waals surface area contributed by atoms with Gasteiger partial charge >= 0.3 is 0 Å². The van der Waals surface area contributed by atoms with Gasteiger partial charge in [-0.05, 0) is 47.4 Å². The molecule has 0 N–H and O–H groups in total. The second kappa shape index (κ2) is 7.47. The van der Waals surface area contributed by atoms with Gasteiger partial charge in [0.15, 0.2) is 0 Å². The monoisotopic (exact) mass is 425 g/mol. The van der Waals surface area contributed by atoms with E-state index in [0.29, 0.717) is 5.02 Å². The molecule has 3 heteroatoms. The van der Waals surface area contributed by atoms with Gasteiger partial charge in [0.1, 0.15) is 11.5 Å². The van der Waals surface area contributed by atoms with Crippen molar-refractivity contribution in [2.24, 2.45) is 0 Å². The highest BCUT2D eigenvalue weighted by molar-refractivity contribution is 6.32. The fourth-order valence-electron chi connectivity index (χ4n) is 4.11. The van der Waals surface area contributed by atoms with Crippen LogP contribution in [0.5, 0.6) is 11.5 Å². The van der Waals surface area contributed by atoms with Crippen LogP contribution >= 0.6 is 11.6 Å². The van der Waals surface area contributed by atoms with Gasteiger partial charge in [0.2, 0.25) is 0 Å². The lowest BCUT2D eigenvalue weighted by atomic mass is 9.87. The molecule has 0 unspecified atom stereocenters. The van der Waals surface area contributed by atoms with E-state index in [1.165, 1.54) is 5.56 Å². The van der Waals surface area contributed by atoms with E-state index in [-0.39, 0.29) is 5.41 Å². The first-order chi connectivity index (χ1) is 14.9. The predicted molar refractivity (Wildman–Crippen MR) is 131 cm³/mol. The van der Waals surface area contributed by atoms with Crippen LogP contribution in [0.3, 0.4) is 0 Å². The number of hydrogen-bond acceptors (Lipinski definition) is 1. The molecule has 0 saturated heterocycles. The molecule has 0 aliphatic carbocycles. The molecule has 0 aliphatic heterocycles. The molecule has 31 heavy (non-hydrogen) atoms. The fraction of sp³-hybridized carbons (Fsp3) is 0.143. The average Bonchev–Trinajstić information content (AvgIpc) is 3.08. The van der Waals surface area contributed by atoms with Gasteiger partial charge in [-0.2, -0.15) is 0 Å². The topological polar surface area (TPSA) is 14.2 Å². The summed E-state index contributed by atoms with van der Waals surface area (Å²) in [7, 11) is 0. The minimum absolute atomic E-state index is 0.110. The van der Waals surface area contributed by atoms with Crippen molar-refractivity contribution in [1.82, 2.24) is 4.57 Å². The third-order valence-corrected chi connectivity index (χ3v) is 5.88. The van der Waals surface area contributed by atoms with E-state index >= 15 is 0 Å². The number of aromatic nitrogens is 1. The zero-order valence-corrected chi connectivity index (χ0v) is 18.6. The lowest BCUT2D eigenvalue weighted by Gasteiger charge is -2.19. The van der Waals surface area contributed by atoms with Gasteiger partial charge in [-0.1, -0.05) is 80.9 Å². The van der Waals surface area contributed by atoms with Crippen LogP contribution in [0.2, 0.25) is 5.02 Å². The normalized spacial score (nSPS) is 11.9. The number of halogens is 1. The number of nitrogens with zero attached hydrogens (tertiary/aromatic N) is 1. The SMILES string of the molecule is CC(C)(C)c1ccc(-n2c3ccccc3c3c(Oc4ccccc4)cc(Cl)cc32)cc1. The van der Waals surface area contributed by atoms with Crippen molar-refractivity contribution in [2.45, 2.75) is 26.2 Å². The van der Waals surface area contributed by atoms with Crippen molar-refractivity contribution in [3.63, 3.8) is 0 Å². The van der Waals surface area contributed by atoms with Crippen LogP contribution in [0.4, 0.5) is 0 Å². The number of ether oxygens (including phenoxy) is 1. The quantitative estimate of drug-likeness (QED) is 0.282. The van der Waals surface area contributed by atoms with Gasteiger partial charge in [-0.15, -0.1) is 0 Å². The van der Waals surface area contributed by atoms with Crippen molar-refractivity contribution in [3.05, 3.63) is 102 Å².